The van der Waals surface area contributed by atoms with Gasteiger partial charge in [0, 0.05) is 12.1 Å². The van der Waals surface area contributed by atoms with Crippen LogP contribution < -0.4 is 14.8 Å². The molecule has 0 saturated heterocycles. The van der Waals surface area contributed by atoms with E-state index in [0.717, 1.165) is 12.1 Å². The molecule has 1 N–H and O–H groups in total. The predicted octanol–water partition coefficient (Wildman–Crippen LogP) is 4.83. The number of ether oxygens (including phenoxy) is 2. The van der Waals surface area contributed by atoms with Crippen molar-refractivity contribution in [3.63, 3.8) is 0 Å². The summed E-state index contributed by atoms with van der Waals surface area (Å²) in [5.41, 5.74) is 0.821. The van der Waals surface area contributed by atoms with Crippen molar-refractivity contribution in [2.75, 3.05) is 7.11 Å². The summed E-state index contributed by atoms with van der Waals surface area (Å²) < 4.78 is 45.0. The molecule has 0 aliphatic rings. The molecule has 0 unspecified atom stereocenters. The molecule has 0 radical (unpaired) electrons. The van der Waals surface area contributed by atoms with E-state index in [2.05, 4.69) is 10.1 Å². The lowest BCUT2D eigenvalue weighted by Gasteiger charge is -2.11. The Morgan fingerprint density at radius 2 is 1.68 bits per heavy atom. The number of hydrogen-bond acceptors (Lipinski definition) is 3. The first-order valence-electron chi connectivity index (χ1n) is 6.85. The maximum atomic E-state index is 12.1. The van der Waals surface area contributed by atoms with Crippen LogP contribution in [-0.2, 0) is 6.54 Å². The first kappa shape index (κ1) is 19.2. The summed E-state index contributed by atoms with van der Waals surface area (Å²) in [5.74, 6) is -0.515. The lowest BCUT2D eigenvalue weighted by molar-refractivity contribution is -0.274. The number of methoxy groups -OCH3 is 1. The molecule has 2 aromatic carbocycles. The summed E-state index contributed by atoms with van der Waals surface area (Å²) in [7, 11) is 1.40. The number of carbonyl (C=O) groups excluding carboxylic acids is 1. The van der Waals surface area contributed by atoms with Crippen molar-refractivity contribution in [2.24, 2.45) is 0 Å². The minimum atomic E-state index is -4.75. The number of rotatable bonds is 5. The number of halogens is 5. The van der Waals surface area contributed by atoms with E-state index in [1.54, 1.807) is 0 Å². The van der Waals surface area contributed by atoms with Crippen LogP contribution in [0.5, 0.6) is 11.5 Å². The average Bonchev–Trinajstić information content (AvgIpc) is 2.52. The zero-order valence-electron chi connectivity index (χ0n) is 12.8. The second-order valence-electron chi connectivity index (χ2n) is 4.85. The van der Waals surface area contributed by atoms with E-state index in [0.29, 0.717) is 5.56 Å². The SMILES string of the molecule is COc1c(Cl)cc(C(=O)NCc2ccc(OC(F)(F)F)cc2)cc1Cl. The molecular formula is C16H12Cl2F3NO3. The molecule has 0 bridgehead atoms. The van der Waals surface area contributed by atoms with Gasteiger partial charge in [-0.2, -0.15) is 0 Å². The summed E-state index contributed by atoms with van der Waals surface area (Å²) in [5, 5.41) is 2.99. The maximum absolute atomic E-state index is 12.1. The fourth-order valence-corrected chi connectivity index (χ4v) is 2.62. The van der Waals surface area contributed by atoms with Crippen LogP contribution in [0.15, 0.2) is 36.4 Å². The van der Waals surface area contributed by atoms with Gasteiger partial charge in [-0.25, -0.2) is 0 Å². The Balaban J connectivity index is 2.00. The van der Waals surface area contributed by atoms with E-state index in [-0.39, 0.29) is 33.7 Å². The molecule has 0 atom stereocenters. The summed E-state index contributed by atoms with van der Waals surface area (Å²) in [6.07, 6.45) is -4.75. The third-order valence-corrected chi connectivity index (χ3v) is 3.64. The smallest absolute Gasteiger partial charge is 0.494 e. The second-order valence-corrected chi connectivity index (χ2v) is 5.66. The average molecular weight is 394 g/mol. The van der Waals surface area contributed by atoms with Crippen LogP contribution in [0.2, 0.25) is 10.0 Å². The highest BCUT2D eigenvalue weighted by Gasteiger charge is 2.30. The number of hydrogen-bond donors (Lipinski definition) is 1. The first-order chi connectivity index (χ1) is 11.7. The molecule has 2 aromatic rings. The number of nitrogens with one attached hydrogen (secondary N) is 1. The lowest BCUT2D eigenvalue weighted by atomic mass is 10.2. The molecule has 0 aromatic heterocycles. The molecule has 0 aliphatic carbocycles. The summed E-state index contributed by atoms with van der Waals surface area (Å²) in [4.78, 5) is 12.1. The molecular weight excluding hydrogens is 382 g/mol. The molecule has 25 heavy (non-hydrogen) atoms. The fourth-order valence-electron chi connectivity index (χ4n) is 1.98. The largest absolute Gasteiger partial charge is 0.573 e. The molecule has 0 saturated carbocycles. The normalized spacial score (nSPS) is 11.1. The van der Waals surface area contributed by atoms with Crippen molar-refractivity contribution >= 4 is 29.1 Å². The van der Waals surface area contributed by atoms with Crippen molar-refractivity contribution < 1.29 is 27.4 Å². The van der Waals surface area contributed by atoms with E-state index in [1.165, 1.54) is 31.4 Å². The Morgan fingerprint density at radius 1 is 1.12 bits per heavy atom. The Morgan fingerprint density at radius 3 is 2.16 bits per heavy atom. The van der Waals surface area contributed by atoms with E-state index < -0.39 is 12.3 Å². The predicted molar refractivity (Wildman–Crippen MR) is 87.3 cm³/mol. The summed E-state index contributed by atoms with van der Waals surface area (Å²) in [6, 6.07) is 7.96. The highest BCUT2D eigenvalue weighted by molar-refractivity contribution is 6.37. The quantitative estimate of drug-likeness (QED) is 0.791. The molecule has 9 heteroatoms. The number of carbonyl (C=O) groups is 1. The fraction of sp³-hybridized carbons (Fsp3) is 0.188. The minimum Gasteiger partial charge on any atom is -0.494 e. The van der Waals surface area contributed by atoms with E-state index in [1.807, 2.05) is 0 Å². The van der Waals surface area contributed by atoms with Crippen LogP contribution in [0.3, 0.4) is 0 Å². The van der Waals surface area contributed by atoms with Gasteiger partial charge in [-0.15, -0.1) is 13.2 Å². The van der Waals surface area contributed by atoms with Gasteiger partial charge < -0.3 is 14.8 Å². The van der Waals surface area contributed by atoms with Crippen molar-refractivity contribution in [1.82, 2.24) is 5.32 Å². The molecule has 0 fully saturated rings. The third kappa shape index (κ3) is 5.44. The highest BCUT2D eigenvalue weighted by Crippen LogP contribution is 2.33. The molecule has 0 aliphatic heterocycles. The maximum Gasteiger partial charge on any atom is 0.573 e. The van der Waals surface area contributed by atoms with Gasteiger partial charge in [0.25, 0.3) is 5.91 Å². The molecule has 4 nitrogen and oxygen atoms in total. The zero-order chi connectivity index (χ0) is 18.6. The van der Waals surface area contributed by atoms with Crippen molar-refractivity contribution in [3.05, 3.63) is 57.6 Å². The Labute approximate surface area is 151 Å². The summed E-state index contributed by atoms with van der Waals surface area (Å²) in [6.45, 7) is 0.104. The molecule has 2 rings (SSSR count). The van der Waals surface area contributed by atoms with Crippen LogP contribution in [0, 0.1) is 0 Å². The van der Waals surface area contributed by atoms with Crippen LogP contribution in [0.1, 0.15) is 15.9 Å². The van der Waals surface area contributed by atoms with Crippen molar-refractivity contribution in [3.8, 4) is 11.5 Å². The summed E-state index contributed by atoms with van der Waals surface area (Å²) >= 11 is 11.9. The van der Waals surface area contributed by atoms with Gasteiger partial charge in [0.1, 0.15) is 5.75 Å². The van der Waals surface area contributed by atoms with Crippen LogP contribution in [-0.4, -0.2) is 19.4 Å². The Bertz CT molecular complexity index is 741. The van der Waals surface area contributed by atoms with Gasteiger partial charge in [-0.1, -0.05) is 35.3 Å². The number of amides is 1. The van der Waals surface area contributed by atoms with Crippen LogP contribution in [0.4, 0.5) is 13.2 Å². The number of benzene rings is 2. The molecule has 0 heterocycles. The monoisotopic (exact) mass is 393 g/mol. The number of alkyl halides is 3. The topological polar surface area (TPSA) is 47.6 Å². The highest BCUT2D eigenvalue weighted by atomic mass is 35.5. The zero-order valence-corrected chi connectivity index (χ0v) is 14.3. The van der Waals surface area contributed by atoms with Gasteiger partial charge >= 0.3 is 6.36 Å². The molecule has 1 amide bonds. The lowest BCUT2D eigenvalue weighted by Crippen LogP contribution is -2.23. The third-order valence-electron chi connectivity index (χ3n) is 3.07. The van der Waals surface area contributed by atoms with Gasteiger partial charge in [0.15, 0.2) is 5.75 Å². The Hall–Kier alpha value is -2.12. The van der Waals surface area contributed by atoms with Crippen molar-refractivity contribution in [2.45, 2.75) is 12.9 Å². The van der Waals surface area contributed by atoms with Crippen molar-refractivity contribution in [1.29, 1.82) is 0 Å². The minimum absolute atomic E-state index is 0.104. The standard InChI is InChI=1S/C16H12Cl2F3NO3/c1-24-14-12(17)6-10(7-13(14)18)15(23)22-8-9-2-4-11(5-3-9)25-16(19,20)21/h2-7H,8H2,1H3,(H,22,23). The second kappa shape index (κ2) is 7.84. The van der Waals surface area contributed by atoms with Gasteiger partial charge in [-0.05, 0) is 29.8 Å². The molecule has 0 spiro atoms. The molecule has 134 valence electrons. The van der Waals surface area contributed by atoms with Gasteiger partial charge in [0.05, 0.1) is 17.2 Å². The van der Waals surface area contributed by atoms with Gasteiger partial charge in [-0.3, -0.25) is 4.79 Å². The van der Waals surface area contributed by atoms with Gasteiger partial charge in [0.2, 0.25) is 0 Å². The van der Waals surface area contributed by atoms with E-state index in [4.69, 9.17) is 27.9 Å². The Kier molecular flexibility index (Phi) is 6.02. The van der Waals surface area contributed by atoms with E-state index >= 15 is 0 Å². The first-order valence-corrected chi connectivity index (χ1v) is 7.61. The van der Waals surface area contributed by atoms with Crippen LogP contribution in [0.25, 0.3) is 0 Å². The van der Waals surface area contributed by atoms with Crippen LogP contribution >= 0.6 is 23.2 Å². The van der Waals surface area contributed by atoms with E-state index in [9.17, 15) is 18.0 Å².